The van der Waals surface area contributed by atoms with Crippen LogP contribution in [0.15, 0.2) is 24.3 Å². The van der Waals surface area contributed by atoms with Gasteiger partial charge in [-0.25, -0.2) is 0 Å². The molecule has 106 valence electrons. The zero-order chi connectivity index (χ0) is 13.7. The van der Waals surface area contributed by atoms with Crippen LogP contribution in [0.2, 0.25) is 5.02 Å². The molecule has 2 N–H and O–H groups in total. The number of benzene rings is 1. The van der Waals surface area contributed by atoms with Crippen molar-refractivity contribution in [3.8, 4) is 0 Å². The maximum absolute atomic E-state index is 10.2. The predicted molar refractivity (Wildman–Crippen MR) is 80.5 cm³/mol. The van der Waals surface area contributed by atoms with E-state index in [-0.39, 0.29) is 0 Å². The molecule has 0 heterocycles. The third kappa shape index (κ3) is 4.20. The highest BCUT2D eigenvalue weighted by Crippen LogP contribution is 2.27. The van der Waals surface area contributed by atoms with Crippen LogP contribution in [0.3, 0.4) is 0 Å². The van der Waals surface area contributed by atoms with Crippen molar-refractivity contribution in [2.45, 2.75) is 51.2 Å². The van der Waals surface area contributed by atoms with Gasteiger partial charge in [0.05, 0.1) is 6.10 Å². The van der Waals surface area contributed by atoms with E-state index in [2.05, 4.69) is 12.2 Å². The number of hydrogen-bond acceptors (Lipinski definition) is 2. The van der Waals surface area contributed by atoms with Crippen molar-refractivity contribution in [1.29, 1.82) is 0 Å². The summed E-state index contributed by atoms with van der Waals surface area (Å²) in [6.45, 7) is 2.80. The molecule has 0 aromatic heterocycles. The first-order valence-electron chi connectivity index (χ1n) is 7.34. The van der Waals surface area contributed by atoms with Gasteiger partial charge in [-0.1, -0.05) is 49.1 Å². The van der Waals surface area contributed by atoms with Crippen molar-refractivity contribution in [2.75, 3.05) is 6.54 Å². The number of hydrogen-bond donors (Lipinski definition) is 2. The topological polar surface area (TPSA) is 32.3 Å². The number of rotatable bonds is 5. The smallest absolute Gasteiger partial charge is 0.0928 e. The molecular weight excluding hydrogens is 258 g/mol. The monoisotopic (exact) mass is 281 g/mol. The molecule has 2 rings (SSSR count). The number of halogens is 1. The molecule has 0 aliphatic heterocycles. The van der Waals surface area contributed by atoms with E-state index < -0.39 is 6.10 Å². The van der Waals surface area contributed by atoms with E-state index in [0.717, 1.165) is 11.5 Å². The standard InChI is InChI=1S/C16H24ClNO/c1-12(13-7-3-2-4-8-13)18-11-16(19)14-9-5-6-10-15(14)17/h5-6,9-10,12-13,16,18-19H,2-4,7-8,11H2,1H3/t12-,16?/m1/s1. The molecule has 1 aromatic carbocycles. The molecule has 2 nitrogen and oxygen atoms in total. The Morgan fingerprint density at radius 2 is 1.95 bits per heavy atom. The summed E-state index contributed by atoms with van der Waals surface area (Å²) in [6, 6.07) is 7.98. The van der Waals surface area contributed by atoms with Crippen LogP contribution in [-0.4, -0.2) is 17.7 Å². The molecule has 0 bridgehead atoms. The first kappa shape index (κ1) is 14.8. The minimum atomic E-state index is -0.528. The summed E-state index contributed by atoms with van der Waals surface area (Å²) in [5, 5.41) is 14.3. The predicted octanol–water partition coefficient (Wildman–Crippen LogP) is 3.93. The lowest BCUT2D eigenvalue weighted by Gasteiger charge is -2.29. The summed E-state index contributed by atoms with van der Waals surface area (Å²) in [6.07, 6.45) is 6.19. The van der Waals surface area contributed by atoms with Crippen LogP contribution in [0.25, 0.3) is 0 Å². The molecule has 2 atom stereocenters. The van der Waals surface area contributed by atoms with Crippen LogP contribution in [0.5, 0.6) is 0 Å². The lowest BCUT2D eigenvalue weighted by molar-refractivity contribution is 0.161. The lowest BCUT2D eigenvalue weighted by Crippen LogP contribution is -2.37. The number of aliphatic hydroxyl groups excluding tert-OH is 1. The Morgan fingerprint density at radius 1 is 1.26 bits per heavy atom. The second-order valence-electron chi connectivity index (χ2n) is 5.63. The van der Waals surface area contributed by atoms with E-state index in [1.54, 1.807) is 0 Å². The summed E-state index contributed by atoms with van der Waals surface area (Å²) in [5.74, 6) is 0.757. The fourth-order valence-corrected chi connectivity index (χ4v) is 3.22. The number of nitrogens with one attached hydrogen (secondary N) is 1. The van der Waals surface area contributed by atoms with E-state index in [1.807, 2.05) is 24.3 Å². The van der Waals surface area contributed by atoms with Gasteiger partial charge in [0.15, 0.2) is 0 Å². The normalized spacial score (nSPS) is 20.2. The minimum Gasteiger partial charge on any atom is -0.387 e. The molecule has 0 radical (unpaired) electrons. The van der Waals surface area contributed by atoms with Gasteiger partial charge in [-0.15, -0.1) is 0 Å². The van der Waals surface area contributed by atoms with Crippen LogP contribution >= 0.6 is 11.6 Å². The average Bonchev–Trinajstić information content (AvgIpc) is 2.46. The van der Waals surface area contributed by atoms with Crippen molar-refractivity contribution in [3.05, 3.63) is 34.9 Å². The van der Waals surface area contributed by atoms with Crippen LogP contribution in [0.1, 0.15) is 50.7 Å². The van der Waals surface area contributed by atoms with Gasteiger partial charge in [0.25, 0.3) is 0 Å². The van der Waals surface area contributed by atoms with Crippen LogP contribution in [0, 0.1) is 5.92 Å². The summed E-state index contributed by atoms with van der Waals surface area (Å²) < 4.78 is 0. The molecular formula is C16H24ClNO. The van der Waals surface area contributed by atoms with E-state index in [9.17, 15) is 5.11 Å². The summed E-state index contributed by atoms with van der Waals surface area (Å²) in [7, 11) is 0. The second-order valence-corrected chi connectivity index (χ2v) is 6.04. The molecule has 1 fully saturated rings. The molecule has 1 unspecified atom stereocenters. The third-order valence-electron chi connectivity index (χ3n) is 4.25. The molecule has 1 saturated carbocycles. The fraction of sp³-hybridized carbons (Fsp3) is 0.625. The van der Waals surface area contributed by atoms with E-state index in [1.165, 1.54) is 32.1 Å². The highest BCUT2D eigenvalue weighted by atomic mass is 35.5. The second kappa shape index (κ2) is 7.28. The number of aliphatic hydroxyl groups is 1. The highest BCUT2D eigenvalue weighted by molar-refractivity contribution is 6.31. The molecule has 3 heteroatoms. The van der Waals surface area contributed by atoms with Gasteiger partial charge in [-0.3, -0.25) is 0 Å². The Bertz CT molecular complexity index is 390. The first-order valence-corrected chi connectivity index (χ1v) is 7.72. The fourth-order valence-electron chi connectivity index (χ4n) is 2.95. The van der Waals surface area contributed by atoms with E-state index in [0.29, 0.717) is 17.6 Å². The Morgan fingerprint density at radius 3 is 2.63 bits per heavy atom. The van der Waals surface area contributed by atoms with Crippen molar-refractivity contribution in [2.24, 2.45) is 5.92 Å². The summed E-state index contributed by atoms with van der Waals surface area (Å²) in [5.41, 5.74) is 0.813. The van der Waals surface area contributed by atoms with Crippen molar-refractivity contribution in [3.63, 3.8) is 0 Å². The summed E-state index contributed by atoms with van der Waals surface area (Å²) in [4.78, 5) is 0. The van der Waals surface area contributed by atoms with Crippen LogP contribution in [0.4, 0.5) is 0 Å². The Hall–Kier alpha value is -0.570. The Balaban J connectivity index is 1.82. The molecule has 1 aromatic rings. The quantitative estimate of drug-likeness (QED) is 0.857. The lowest BCUT2D eigenvalue weighted by atomic mass is 9.84. The molecule has 1 aliphatic rings. The first-order chi connectivity index (χ1) is 9.18. The van der Waals surface area contributed by atoms with Crippen LogP contribution in [-0.2, 0) is 0 Å². The minimum absolute atomic E-state index is 0.470. The Kier molecular flexibility index (Phi) is 5.68. The molecule has 0 saturated heterocycles. The molecule has 0 amide bonds. The molecule has 0 spiro atoms. The van der Waals surface area contributed by atoms with E-state index >= 15 is 0 Å². The van der Waals surface area contributed by atoms with Crippen LogP contribution < -0.4 is 5.32 Å². The van der Waals surface area contributed by atoms with Gasteiger partial charge in [0.1, 0.15) is 0 Å². The summed E-state index contributed by atoms with van der Waals surface area (Å²) >= 11 is 6.10. The van der Waals surface area contributed by atoms with Gasteiger partial charge in [-0.05, 0) is 31.7 Å². The molecule has 1 aliphatic carbocycles. The Labute approximate surface area is 121 Å². The van der Waals surface area contributed by atoms with Crippen molar-refractivity contribution in [1.82, 2.24) is 5.32 Å². The largest absolute Gasteiger partial charge is 0.387 e. The zero-order valence-corrected chi connectivity index (χ0v) is 12.4. The highest BCUT2D eigenvalue weighted by Gasteiger charge is 2.20. The van der Waals surface area contributed by atoms with Gasteiger partial charge in [0, 0.05) is 23.2 Å². The van der Waals surface area contributed by atoms with Gasteiger partial charge in [-0.2, -0.15) is 0 Å². The van der Waals surface area contributed by atoms with Crippen molar-refractivity contribution >= 4 is 11.6 Å². The van der Waals surface area contributed by atoms with E-state index in [4.69, 9.17) is 11.6 Å². The third-order valence-corrected chi connectivity index (χ3v) is 4.60. The average molecular weight is 282 g/mol. The van der Waals surface area contributed by atoms with Gasteiger partial charge < -0.3 is 10.4 Å². The van der Waals surface area contributed by atoms with Crippen molar-refractivity contribution < 1.29 is 5.11 Å². The zero-order valence-electron chi connectivity index (χ0n) is 11.6. The SMILES string of the molecule is C[C@@H](NCC(O)c1ccccc1Cl)C1CCCCC1. The van der Waals surface area contributed by atoms with Gasteiger partial charge >= 0.3 is 0 Å². The molecule has 19 heavy (non-hydrogen) atoms. The maximum Gasteiger partial charge on any atom is 0.0928 e. The maximum atomic E-state index is 10.2. The van der Waals surface area contributed by atoms with Gasteiger partial charge in [0.2, 0.25) is 0 Å².